The lowest BCUT2D eigenvalue weighted by molar-refractivity contribution is 0.814. The van der Waals surface area contributed by atoms with E-state index in [4.69, 9.17) is 17.3 Å². The molecule has 0 unspecified atom stereocenters. The second kappa shape index (κ2) is 5.42. The van der Waals surface area contributed by atoms with Crippen LogP contribution in [0.2, 0.25) is 5.02 Å². The molecule has 2 aromatic carbocycles. The normalized spacial score (nSPS) is 10.5. The molecule has 104 valence electrons. The number of rotatable bonds is 2. The Morgan fingerprint density at radius 1 is 0.952 bits per heavy atom. The second-order valence-corrected chi connectivity index (χ2v) is 4.97. The number of nitrogen functional groups attached to an aromatic ring is 1. The number of aromatic nitrogens is 2. The lowest BCUT2D eigenvalue weighted by Crippen LogP contribution is -2.21. The van der Waals surface area contributed by atoms with E-state index in [2.05, 4.69) is 5.10 Å². The summed E-state index contributed by atoms with van der Waals surface area (Å²) in [5, 5.41) is 5.04. The van der Waals surface area contributed by atoms with Crippen molar-refractivity contribution in [2.24, 2.45) is 0 Å². The number of benzene rings is 2. The van der Waals surface area contributed by atoms with Crippen LogP contribution in [0.1, 0.15) is 0 Å². The van der Waals surface area contributed by atoms with Gasteiger partial charge in [-0.2, -0.15) is 9.78 Å². The zero-order chi connectivity index (χ0) is 14.8. The maximum Gasteiger partial charge on any atom is 0.271 e. The van der Waals surface area contributed by atoms with E-state index in [1.165, 1.54) is 10.7 Å². The molecule has 0 aliphatic carbocycles. The van der Waals surface area contributed by atoms with E-state index in [-0.39, 0.29) is 5.56 Å². The maximum absolute atomic E-state index is 12.0. The van der Waals surface area contributed by atoms with Crippen LogP contribution >= 0.6 is 11.6 Å². The quantitative estimate of drug-likeness (QED) is 0.739. The average molecular weight is 298 g/mol. The standard InChI is InChI=1S/C16H12ClN3O/c17-12-7-5-11(6-8-12)14-9-10-16(21)20(19-14)15-4-2-1-3-13(15)18/h1-10H,18H2. The molecule has 3 aromatic rings. The Hall–Kier alpha value is -2.59. The molecule has 0 aliphatic rings. The molecule has 0 atom stereocenters. The molecule has 1 aromatic heterocycles. The fourth-order valence-electron chi connectivity index (χ4n) is 2.04. The fraction of sp³-hybridized carbons (Fsp3) is 0. The summed E-state index contributed by atoms with van der Waals surface area (Å²) < 4.78 is 1.30. The van der Waals surface area contributed by atoms with Gasteiger partial charge in [-0.15, -0.1) is 0 Å². The van der Waals surface area contributed by atoms with Crippen LogP contribution in [-0.2, 0) is 0 Å². The minimum atomic E-state index is -0.231. The van der Waals surface area contributed by atoms with Gasteiger partial charge in [-0.3, -0.25) is 4.79 Å². The number of nitrogens with zero attached hydrogens (tertiary/aromatic N) is 2. The van der Waals surface area contributed by atoms with E-state index in [0.29, 0.717) is 22.1 Å². The number of hydrogen-bond acceptors (Lipinski definition) is 3. The van der Waals surface area contributed by atoms with Gasteiger partial charge in [-0.1, -0.05) is 35.9 Å². The summed E-state index contributed by atoms with van der Waals surface area (Å²) in [5.41, 5.74) is 8.30. The van der Waals surface area contributed by atoms with E-state index in [0.717, 1.165) is 5.56 Å². The predicted octanol–water partition coefficient (Wildman–Crippen LogP) is 3.14. The van der Waals surface area contributed by atoms with Crippen molar-refractivity contribution in [3.05, 3.63) is 76.0 Å². The molecular weight excluding hydrogens is 286 g/mol. The van der Waals surface area contributed by atoms with Gasteiger partial charge in [0, 0.05) is 16.7 Å². The molecule has 0 amide bonds. The molecule has 0 fully saturated rings. The number of anilines is 1. The lowest BCUT2D eigenvalue weighted by atomic mass is 10.1. The number of halogens is 1. The van der Waals surface area contributed by atoms with Gasteiger partial charge in [0.05, 0.1) is 17.1 Å². The first-order valence-electron chi connectivity index (χ1n) is 6.36. The van der Waals surface area contributed by atoms with Gasteiger partial charge in [0.2, 0.25) is 0 Å². The molecule has 0 saturated heterocycles. The largest absolute Gasteiger partial charge is 0.397 e. The van der Waals surface area contributed by atoms with Crippen LogP contribution in [0.15, 0.2) is 65.5 Å². The molecule has 0 spiro atoms. The minimum absolute atomic E-state index is 0.231. The molecule has 2 N–H and O–H groups in total. The zero-order valence-electron chi connectivity index (χ0n) is 11.0. The molecular formula is C16H12ClN3O. The smallest absolute Gasteiger partial charge is 0.271 e. The first kappa shape index (κ1) is 13.4. The third-order valence-electron chi connectivity index (χ3n) is 3.11. The van der Waals surface area contributed by atoms with Crippen molar-refractivity contribution in [2.45, 2.75) is 0 Å². The van der Waals surface area contributed by atoms with Gasteiger partial charge in [-0.05, 0) is 30.3 Å². The number of nitrogens with two attached hydrogens (primary N) is 1. The minimum Gasteiger partial charge on any atom is -0.397 e. The molecule has 4 nitrogen and oxygen atoms in total. The maximum atomic E-state index is 12.0. The Labute approximate surface area is 126 Å². The zero-order valence-corrected chi connectivity index (χ0v) is 11.8. The molecule has 21 heavy (non-hydrogen) atoms. The highest BCUT2D eigenvalue weighted by molar-refractivity contribution is 6.30. The molecule has 1 heterocycles. The predicted molar refractivity (Wildman–Crippen MR) is 84.7 cm³/mol. The molecule has 0 radical (unpaired) electrons. The van der Waals surface area contributed by atoms with Gasteiger partial charge in [0.1, 0.15) is 0 Å². The van der Waals surface area contributed by atoms with Crippen LogP contribution in [0.5, 0.6) is 0 Å². The van der Waals surface area contributed by atoms with Crippen molar-refractivity contribution < 1.29 is 0 Å². The summed E-state index contributed by atoms with van der Waals surface area (Å²) in [6, 6.07) is 17.6. The Bertz CT molecular complexity index is 841. The third-order valence-corrected chi connectivity index (χ3v) is 3.36. The first-order chi connectivity index (χ1) is 10.1. The van der Waals surface area contributed by atoms with Crippen molar-refractivity contribution in [3.63, 3.8) is 0 Å². The Kier molecular flexibility index (Phi) is 3.46. The van der Waals surface area contributed by atoms with E-state index < -0.39 is 0 Å². The van der Waals surface area contributed by atoms with Crippen molar-refractivity contribution in [3.8, 4) is 16.9 Å². The van der Waals surface area contributed by atoms with Crippen LogP contribution in [-0.4, -0.2) is 9.78 Å². The van der Waals surface area contributed by atoms with Gasteiger partial charge < -0.3 is 5.73 Å². The molecule has 0 aliphatic heterocycles. The fourth-order valence-corrected chi connectivity index (χ4v) is 2.16. The van der Waals surface area contributed by atoms with Crippen molar-refractivity contribution in [2.75, 3.05) is 5.73 Å². The van der Waals surface area contributed by atoms with E-state index in [9.17, 15) is 4.79 Å². The number of hydrogen-bond donors (Lipinski definition) is 1. The van der Waals surface area contributed by atoms with E-state index >= 15 is 0 Å². The topological polar surface area (TPSA) is 60.9 Å². The lowest BCUT2D eigenvalue weighted by Gasteiger charge is -2.09. The van der Waals surface area contributed by atoms with Gasteiger partial charge in [0.15, 0.2) is 0 Å². The number of para-hydroxylation sites is 2. The van der Waals surface area contributed by atoms with Gasteiger partial charge in [0.25, 0.3) is 5.56 Å². The molecule has 3 rings (SSSR count). The molecule has 0 saturated carbocycles. The summed E-state index contributed by atoms with van der Waals surface area (Å²) in [6.07, 6.45) is 0. The molecule has 0 bridgehead atoms. The summed E-state index contributed by atoms with van der Waals surface area (Å²) >= 11 is 5.88. The van der Waals surface area contributed by atoms with Crippen molar-refractivity contribution >= 4 is 17.3 Å². The van der Waals surface area contributed by atoms with Crippen LogP contribution in [0.4, 0.5) is 5.69 Å². The molecule has 5 heteroatoms. The van der Waals surface area contributed by atoms with Crippen LogP contribution in [0, 0.1) is 0 Å². The second-order valence-electron chi connectivity index (χ2n) is 4.53. The average Bonchev–Trinajstić information content (AvgIpc) is 2.50. The van der Waals surface area contributed by atoms with Crippen LogP contribution in [0.25, 0.3) is 16.9 Å². The SMILES string of the molecule is Nc1ccccc1-n1nc(-c2ccc(Cl)cc2)ccc1=O. The van der Waals surface area contributed by atoms with Crippen LogP contribution < -0.4 is 11.3 Å². The monoisotopic (exact) mass is 297 g/mol. The third kappa shape index (κ3) is 2.66. The summed E-state index contributed by atoms with van der Waals surface area (Å²) in [4.78, 5) is 12.0. The highest BCUT2D eigenvalue weighted by atomic mass is 35.5. The summed E-state index contributed by atoms with van der Waals surface area (Å²) in [6.45, 7) is 0. The van der Waals surface area contributed by atoms with E-state index in [1.807, 2.05) is 24.3 Å². The van der Waals surface area contributed by atoms with E-state index in [1.54, 1.807) is 30.3 Å². The van der Waals surface area contributed by atoms with Gasteiger partial charge >= 0.3 is 0 Å². The summed E-state index contributed by atoms with van der Waals surface area (Å²) in [5.74, 6) is 0. The summed E-state index contributed by atoms with van der Waals surface area (Å²) in [7, 11) is 0. The first-order valence-corrected chi connectivity index (χ1v) is 6.74. The van der Waals surface area contributed by atoms with Crippen LogP contribution in [0.3, 0.4) is 0 Å². The Morgan fingerprint density at radius 2 is 1.67 bits per heavy atom. The Morgan fingerprint density at radius 3 is 2.38 bits per heavy atom. The van der Waals surface area contributed by atoms with Crippen molar-refractivity contribution in [1.29, 1.82) is 0 Å². The Balaban J connectivity index is 2.15. The highest BCUT2D eigenvalue weighted by Gasteiger charge is 2.07. The van der Waals surface area contributed by atoms with Gasteiger partial charge in [-0.25, -0.2) is 0 Å². The highest BCUT2D eigenvalue weighted by Crippen LogP contribution is 2.20. The van der Waals surface area contributed by atoms with Crippen molar-refractivity contribution in [1.82, 2.24) is 9.78 Å².